The summed E-state index contributed by atoms with van der Waals surface area (Å²) in [5.41, 5.74) is 1.10. The van der Waals surface area contributed by atoms with Crippen molar-refractivity contribution < 1.29 is 23.5 Å². The molecule has 0 aliphatic heterocycles. The van der Waals surface area contributed by atoms with Crippen LogP contribution in [0.25, 0.3) is 0 Å². The summed E-state index contributed by atoms with van der Waals surface area (Å²) in [5.74, 6) is -0.899. The van der Waals surface area contributed by atoms with E-state index in [0.717, 1.165) is 0 Å². The second-order valence-corrected chi connectivity index (χ2v) is 5.12. The van der Waals surface area contributed by atoms with Gasteiger partial charge in [0, 0.05) is 0 Å². The van der Waals surface area contributed by atoms with Gasteiger partial charge in [-0.1, -0.05) is 24.3 Å². The fourth-order valence-corrected chi connectivity index (χ4v) is 2.04. The zero-order chi connectivity index (χ0) is 17.5. The van der Waals surface area contributed by atoms with Crippen molar-refractivity contribution in [2.24, 2.45) is 0 Å². The minimum absolute atomic E-state index is 0.0352. The molecule has 0 spiro atoms. The number of amides is 1. The van der Waals surface area contributed by atoms with Crippen molar-refractivity contribution in [3.63, 3.8) is 0 Å². The van der Waals surface area contributed by atoms with Crippen LogP contribution in [-0.2, 0) is 20.7 Å². The van der Waals surface area contributed by atoms with Gasteiger partial charge in [0.05, 0.1) is 19.2 Å². The maximum absolute atomic E-state index is 12.8. The molecule has 0 fully saturated rings. The Morgan fingerprint density at radius 1 is 1.12 bits per heavy atom. The molecule has 2 aromatic rings. The van der Waals surface area contributed by atoms with Gasteiger partial charge in [-0.2, -0.15) is 0 Å². The Hall–Kier alpha value is -2.89. The number of para-hydroxylation sites is 2. The maximum atomic E-state index is 12.8. The molecule has 0 saturated heterocycles. The first-order chi connectivity index (χ1) is 11.5. The summed E-state index contributed by atoms with van der Waals surface area (Å²) < 4.78 is 23.1. The van der Waals surface area contributed by atoms with Crippen LogP contribution < -0.4 is 10.1 Å². The number of hydrogen-bond acceptors (Lipinski definition) is 4. The van der Waals surface area contributed by atoms with Crippen molar-refractivity contribution in [1.82, 2.24) is 0 Å². The standard InChI is InChI=1S/C18H18FNO4/c1-12(18(22)20-15-5-3-4-6-16(15)23-2)24-17(21)11-13-7-9-14(19)10-8-13/h3-10,12H,11H2,1-2H3,(H,20,22)/t12-/m0/s1. The minimum atomic E-state index is -0.970. The average molecular weight is 331 g/mol. The highest BCUT2D eigenvalue weighted by atomic mass is 19.1. The summed E-state index contributed by atoms with van der Waals surface area (Å²) in [6, 6.07) is 12.4. The van der Waals surface area contributed by atoms with E-state index in [1.807, 2.05) is 0 Å². The third-order valence-corrected chi connectivity index (χ3v) is 3.30. The third-order valence-electron chi connectivity index (χ3n) is 3.30. The summed E-state index contributed by atoms with van der Waals surface area (Å²) in [5, 5.41) is 2.65. The molecule has 1 atom stereocenters. The predicted octanol–water partition coefficient (Wildman–Crippen LogP) is 2.95. The van der Waals surface area contributed by atoms with E-state index in [1.54, 1.807) is 24.3 Å². The number of carbonyl (C=O) groups is 2. The van der Waals surface area contributed by atoms with Crippen LogP contribution in [0.15, 0.2) is 48.5 Å². The Kier molecular flexibility index (Phi) is 5.89. The molecule has 2 aromatic carbocycles. The molecule has 0 aliphatic rings. The zero-order valence-corrected chi connectivity index (χ0v) is 13.4. The van der Waals surface area contributed by atoms with Crippen LogP contribution in [0.3, 0.4) is 0 Å². The van der Waals surface area contributed by atoms with Crippen molar-refractivity contribution in [3.05, 3.63) is 59.9 Å². The molecule has 0 heterocycles. The van der Waals surface area contributed by atoms with E-state index >= 15 is 0 Å². The smallest absolute Gasteiger partial charge is 0.311 e. The van der Waals surface area contributed by atoms with Crippen LogP contribution in [-0.4, -0.2) is 25.1 Å². The topological polar surface area (TPSA) is 64.6 Å². The largest absolute Gasteiger partial charge is 0.495 e. The highest BCUT2D eigenvalue weighted by Crippen LogP contribution is 2.23. The van der Waals surface area contributed by atoms with Gasteiger partial charge in [-0.05, 0) is 36.8 Å². The van der Waals surface area contributed by atoms with Crippen molar-refractivity contribution in [3.8, 4) is 5.75 Å². The van der Waals surface area contributed by atoms with E-state index in [2.05, 4.69) is 5.32 Å². The van der Waals surface area contributed by atoms with Crippen LogP contribution in [0.1, 0.15) is 12.5 Å². The molecule has 24 heavy (non-hydrogen) atoms. The van der Waals surface area contributed by atoms with Crippen molar-refractivity contribution in [2.45, 2.75) is 19.4 Å². The molecule has 0 aromatic heterocycles. The lowest BCUT2D eigenvalue weighted by Gasteiger charge is -2.15. The third kappa shape index (κ3) is 4.81. The van der Waals surface area contributed by atoms with Crippen LogP contribution >= 0.6 is 0 Å². The van der Waals surface area contributed by atoms with Crippen LogP contribution in [0.5, 0.6) is 5.75 Å². The number of ether oxygens (including phenoxy) is 2. The van der Waals surface area contributed by atoms with E-state index < -0.39 is 18.0 Å². The van der Waals surface area contributed by atoms with E-state index in [4.69, 9.17) is 9.47 Å². The molecule has 6 heteroatoms. The number of benzene rings is 2. The van der Waals surface area contributed by atoms with E-state index in [-0.39, 0.29) is 12.2 Å². The van der Waals surface area contributed by atoms with Gasteiger partial charge in [0.15, 0.2) is 6.10 Å². The van der Waals surface area contributed by atoms with Crippen LogP contribution in [0.2, 0.25) is 0 Å². The van der Waals surface area contributed by atoms with Gasteiger partial charge < -0.3 is 14.8 Å². The minimum Gasteiger partial charge on any atom is -0.495 e. The Bertz CT molecular complexity index is 715. The van der Waals surface area contributed by atoms with Gasteiger partial charge in [0.2, 0.25) is 0 Å². The lowest BCUT2D eigenvalue weighted by atomic mass is 10.1. The molecule has 5 nitrogen and oxygen atoms in total. The number of halogens is 1. The lowest BCUT2D eigenvalue weighted by Crippen LogP contribution is -2.30. The molecule has 1 amide bonds. The van der Waals surface area contributed by atoms with Crippen molar-refractivity contribution >= 4 is 17.6 Å². The first kappa shape index (κ1) is 17.5. The molecule has 126 valence electrons. The predicted molar refractivity (Wildman–Crippen MR) is 87.3 cm³/mol. The molecule has 0 unspecified atom stereocenters. The highest BCUT2D eigenvalue weighted by molar-refractivity contribution is 5.96. The summed E-state index contributed by atoms with van der Waals surface area (Å²) in [4.78, 5) is 24.0. The van der Waals surface area contributed by atoms with Gasteiger partial charge >= 0.3 is 5.97 Å². The molecule has 0 bridgehead atoms. The van der Waals surface area contributed by atoms with Crippen LogP contribution in [0, 0.1) is 5.82 Å². The second-order valence-electron chi connectivity index (χ2n) is 5.12. The molecular formula is C18H18FNO4. The molecule has 1 N–H and O–H groups in total. The summed E-state index contributed by atoms with van der Waals surface area (Å²) in [7, 11) is 1.50. The number of methoxy groups -OCH3 is 1. The van der Waals surface area contributed by atoms with Crippen molar-refractivity contribution in [1.29, 1.82) is 0 Å². The summed E-state index contributed by atoms with van der Waals surface area (Å²) in [6.45, 7) is 1.48. The number of anilines is 1. The van der Waals surface area contributed by atoms with E-state index in [9.17, 15) is 14.0 Å². The molecule has 0 saturated carbocycles. The Balaban J connectivity index is 1.91. The fourth-order valence-electron chi connectivity index (χ4n) is 2.04. The summed E-state index contributed by atoms with van der Waals surface area (Å²) in [6.07, 6.45) is -1.00. The first-order valence-corrected chi connectivity index (χ1v) is 7.37. The molecule has 0 aliphatic carbocycles. The number of hydrogen-bond donors (Lipinski definition) is 1. The number of rotatable bonds is 6. The SMILES string of the molecule is COc1ccccc1NC(=O)[C@H](C)OC(=O)Cc1ccc(F)cc1. The normalized spacial score (nSPS) is 11.5. The fraction of sp³-hybridized carbons (Fsp3) is 0.222. The van der Waals surface area contributed by atoms with E-state index in [0.29, 0.717) is 17.0 Å². The average Bonchev–Trinajstić information content (AvgIpc) is 2.57. The number of esters is 1. The van der Waals surface area contributed by atoms with Crippen molar-refractivity contribution in [2.75, 3.05) is 12.4 Å². The summed E-state index contributed by atoms with van der Waals surface area (Å²) >= 11 is 0. The highest BCUT2D eigenvalue weighted by Gasteiger charge is 2.19. The second kappa shape index (κ2) is 8.10. The monoisotopic (exact) mass is 331 g/mol. The molecular weight excluding hydrogens is 313 g/mol. The quantitative estimate of drug-likeness (QED) is 0.827. The Labute approximate surface area is 139 Å². The Morgan fingerprint density at radius 2 is 1.79 bits per heavy atom. The molecule has 2 rings (SSSR count). The number of carbonyl (C=O) groups excluding carboxylic acids is 2. The zero-order valence-electron chi connectivity index (χ0n) is 13.4. The van der Waals surface area contributed by atoms with E-state index in [1.165, 1.54) is 38.3 Å². The number of nitrogens with one attached hydrogen (secondary N) is 1. The van der Waals surface area contributed by atoms with Gasteiger partial charge in [-0.15, -0.1) is 0 Å². The van der Waals surface area contributed by atoms with Crippen LogP contribution in [0.4, 0.5) is 10.1 Å². The van der Waals surface area contributed by atoms with Gasteiger partial charge in [0.25, 0.3) is 5.91 Å². The first-order valence-electron chi connectivity index (χ1n) is 7.37. The van der Waals surface area contributed by atoms with Gasteiger partial charge in [-0.3, -0.25) is 9.59 Å². The van der Waals surface area contributed by atoms with Gasteiger partial charge in [0.1, 0.15) is 11.6 Å². The molecule has 0 radical (unpaired) electrons. The van der Waals surface area contributed by atoms with Gasteiger partial charge in [-0.25, -0.2) is 4.39 Å². The lowest BCUT2D eigenvalue weighted by molar-refractivity contribution is -0.152. The Morgan fingerprint density at radius 3 is 2.46 bits per heavy atom. The maximum Gasteiger partial charge on any atom is 0.311 e.